The van der Waals surface area contributed by atoms with Crippen molar-refractivity contribution in [2.24, 2.45) is 34.5 Å². The van der Waals surface area contributed by atoms with Gasteiger partial charge in [-0.2, -0.15) is 0 Å². The van der Waals surface area contributed by atoms with Gasteiger partial charge in [-0.1, -0.05) is 32.4 Å². The van der Waals surface area contributed by atoms with Gasteiger partial charge in [0, 0.05) is 30.1 Å². The first-order chi connectivity index (χ1) is 13.9. The van der Waals surface area contributed by atoms with Crippen LogP contribution in [-0.2, 0) is 23.9 Å². The largest absolute Gasteiger partial charge is 0.458 e. The minimum absolute atomic E-state index is 0.00545. The van der Waals surface area contributed by atoms with E-state index in [-0.39, 0.29) is 41.7 Å². The van der Waals surface area contributed by atoms with Gasteiger partial charge in [-0.25, -0.2) is 0 Å². The first-order valence-corrected chi connectivity index (χ1v) is 10.8. The van der Waals surface area contributed by atoms with Crippen LogP contribution in [-0.4, -0.2) is 40.6 Å². The van der Waals surface area contributed by atoms with Crippen LogP contribution >= 0.6 is 0 Å². The summed E-state index contributed by atoms with van der Waals surface area (Å²) in [7, 11) is 0. The number of carbonyl (C=O) groups is 4. The second kappa shape index (κ2) is 6.71. The summed E-state index contributed by atoms with van der Waals surface area (Å²) in [6.45, 7) is 6.50. The maximum Gasteiger partial charge on any atom is 0.303 e. The van der Waals surface area contributed by atoms with Gasteiger partial charge in [0.25, 0.3) is 0 Å². The lowest BCUT2D eigenvalue weighted by molar-refractivity contribution is -0.176. The highest BCUT2D eigenvalue weighted by molar-refractivity contribution is 6.02. The Labute approximate surface area is 176 Å². The van der Waals surface area contributed by atoms with E-state index in [1.807, 2.05) is 26.8 Å². The Hall–Kier alpha value is -2.08. The lowest BCUT2D eigenvalue weighted by atomic mass is 9.46. The Morgan fingerprint density at radius 2 is 1.97 bits per heavy atom. The number of esters is 1. The molecule has 0 aromatic carbocycles. The van der Waals surface area contributed by atoms with E-state index in [1.54, 1.807) is 12.2 Å². The predicted molar refractivity (Wildman–Crippen MR) is 108 cm³/mol. The van der Waals surface area contributed by atoms with E-state index < -0.39 is 34.8 Å². The molecule has 0 saturated heterocycles. The molecule has 0 bridgehead atoms. The minimum atomic E-state index is -1.71. The van der Waals surface area contributed by atoms with E-state index in [2.05, 4.69) is 0 Å². The van der Waals surface area contributed by atoms with Crippen molar-refractivity contribution in [3.05, 3.63) is 23.8 Å². The fourth-order valence-corrected chi connectivity index (χ4v) is 7.24. The summed E-state index contributed by atoms with van der Waals surface area (Å²) in [4.78, 5) is 49.7. The summed E-state index contributed by atoms with van der Waals surface area (Å²) in [6, 6.07) is 0. The molecule has 30 heavy (non-hydrogen) atoms. The van der Waals surface area contributed by atoms with Crippen LogP contribution in [0.2, 0.25) is 0 Å². The average Bonchev–Trinajstić information content (AvgIpc) is 2.87. The quantitative estimate of drug-likeness (QED) is 0.713. The van der Waals surface area contributed by atoms with Crippen LogP contribution in [0.3, 0.4) is 0 Å². The standard InChI is InChI=1S/C24H30O6/c1-13-9-18-17-6-5-15-10-16(26)7-8-22(15,3)21(17)19(27)11-23(18,4)24(13,29)20(28)12-30-14(2)25/h7-8,10,13,17-18,21,29H,5-6,9,11-12H2,1-4H3. The summed E-state index contributed by atoms with van der Waals surface area (Å²) in [5.74, 6) is -1.63. The van der Waals surface area contributed by atoms with E-state index in [9.17, 15) is 24.3 Å². The Bertz CT molecular complexity index is 899. The molecule has 0 heterocycles. The second-order valence-corrected chi connectivity index (χ2v) is 10.1. The van der Waals surface area contributed by atoms with Crippen molar-refractivity contribution in [1.29, 1.82) is 0 Å². The smallest absolute Gasteiger partial charge is 0.303 e. The Kier molecular flexibility index (Phi) is 4.73. The molecule has 0 aromatic heterocycles. The Balaban J connectivity index is 1.71. The normalized spacial score (nSPS) is 44.6. The van der Waals surface area contributed by atoms with Crippen LogP contribution in [0.25, 0.3) is 0 Å². The number of ether oxygens (including phenoxy) is 1. The average molecular weight is 414 g/mol. The summed E-state index contributed by atoms with van der Waals surface area (Å²) in [5.41, 5.74) is -2.07. The number of hydrogen-bond acceptors (Lipinski definition) is 6. The third-order valence-corrected chi connectivity index (χ3v) is 8.67. The monoisotopic (exact) mass is 414 g/mol. The van der Waals surface area contributed by atoms with E-state index >= 15 is 0 Å². The van der Waals surface area contributed by atoms with Crippen molar-refractivity contribution < 1.29 is 29.0 Å². The van der Waals surface area contributed by atoms with Gasteiger partial charge in [-0.05, 0) is 49.2 Å². The number of ketones is 3. The number of Topliss-reactive ketones (excluding diaryl/α,β-unsaturated/α-hetero) is 2. The lowest BCUT2D eigenvalue weighted by Crippen LogP contribution is -2.62. The molecule has 7 unspecified atom stereocenters. The lowest BCUT2D eigenvalue weighted by Gasteiger charge is -2.56. The van der Waals surface area contributed by atoms with Gasteiger partial charge < -0.3 is 9.84 Å². The van der Waals surface area contributed by atoms with Crippen LogP contribution in [0.1, 0.15) is 53.4 Å². The molecule has 0 aromatic rings. The summed E-state index contributed by atoms with van der Waals surface area (Å²) < 4.78 is 4.90. The highest BCUT2D eigenvalue weighted by atomic mass is 16.5. The summed E-state index contributed by atoms with van der Waals surface area (Å²) in [6.07, 6.45) is 7.37. The van der Waals surface area contributed by atoms with Crippen LogP contribution in [0.5, 0.6) is 0 Å². The number of fused-ring (bicyclic) bond motifs is 5. The molecule has 3 saturated carbocycles. The van der Waals surface area contributed by atoms with Crippen molar-refractivity contribution in [3.8, 4) is 0 Å². The number of rotatable bonds is 3. The van der Waals surface area contributed by atoms with Gasteiger partial charge in [0.15, 0.2) is 12.4 Å². The molecule has 4 aliphatic rings. The maximum absolute atomic E-state index is 13.5. The molecule has 4 aliphatic carbocycles. The maximum atomic E-state index is 13.5. The van der Waals surface area contributed by atoms with Crippen molar-refractivity contribution in [1.82, 2.24) is 0 Å². The minimum Gasteiger partial charge on any atom is -0.458 e. The summed E-state index contributed by atoms with van der Waals surface area (Å²) >= 11 is 0. The van der Waals surface area contributed by atoms with Gasteiger partial charge in [0.1, 0.15) is 11.4 Å². The van der Waals surface area contributed by atoms with E-state index in [0.29, 0.717) is 6.42 Å². The van der Waals surface area contributed by atoms with E-state index in [4.69, 9.17) is 4.74 Å². The zero-order valence-corrected chi connectivity index (χ0v) is 18.1. The predicted octanol–water partition coefficient (Wildman–Crippen LogP) is 2.58. The molecular weight excluding hydrogens is 384 g/mol. The first kappa shape index (κ1) is 21.2. The number of hydrogen-bond donors (Lipinski definition) is 1. The van der Waals surface area contributed by atoms with Gasteiger partial charge >= 0.3 is 5.97 Å². The van der Waals surface area contributed by atoms with Gasteiger partial charge in [0.05, 0.1) is 0 Å². The second-order valence-electron chi connectivity index (χ2n) is 10.1. The van der Waals surface area contributed by atoms with E-state index in [0.717, 1.165) is 18.4 Å². The van der Waals surface area contributed by atoms with Gasteiger partial charge in [0.2, 0.25) is 5.78 Å². The molecule has 0 radical (unpaired) electrons. The molecular formula is C24H30O6. The molecule has 0 amide bonds. The molecule has 6 heteroatoms. The fourth-order valence-electron chi connectivity index (χ4n) is 7.24. The number of allylic oxidation sites excluding steroid dienone is 4. The highest BCUT2D eigenvalue weighted by Crippen LogP contribution is 2.67. The fraction of sp³-hybridized carbons (Fsp3) is 0.667. The van der Waals surface area contributed by atoms with Gasteiger partial charge in [-0.3, -0.25) is 19.2 Å². The Morgan fingerprint density at radius 3 is 2.63 bits per heavy atom. The van der Waals surface area contributed by atoms with Crippen molar-refractivity contribution >= 4 is 23.3 Å². The first-order valence-electron chi connectivity index (χ1n) is 10.8. The van der Waals surface area contributed by atoms with Crippen LogP contribution in [0.4, 0.5) is 0 Å². The third kappa shape index (κ3) is 2.65. The molecule has 0 spiro atoms. The molecule has 4 rings (SSSR count). The molecule has 162 valence electrons. The summed E-state index contributed by atoms with van der Waals surface area (Å²) in [5, 5.41) is 11.7. The van der Waals surface area contributed by atoms with Crippen molar-refractivity contribution in [3.63, 3.8) is 0 Å². The van der Waals surface area contributed by atoms with Crippen LogP contribution in [0.15, 0.2) is 23.8 Å². The number of aliphatic hydroxyl groups is 1. The van der Waals surface area contributed by atoms with Crippen molar-refractivity contribution in [2.45, 2.75) is 59.0 Å². The third-order valence-electron chi connectivity index (χ3n) is 8.67. The molecule has 0 aliphatic heterocycles. The molecule has 1 N–H and O–H groups in total. The molecule has 6 nitrogen and oxygen atoms in total. The topological polar surface area (TPSA) is 97.7 Å². The van der Waals surface area contributed by atoms with Crippen LogP contribution in [0, 0.1) is 34.5 Å². The van der Waals surface area contributed by atoms with E-state index in [1.165, 1.54) is 6.92 Å². The highest BCUT2D eigenvalue weighted by Gasteiger charge is 2.70. The van der Waals surface area contributed by atoms with Crippen molar-refractivity contribution in [2.75, 3.05) is 6.61 Å². The zero-order chi connectivity index (χ0) is 22.1. The van der Waals surface area contributed by atoms with Crippen LogP contribution < -0.4 is 0 Å². The SMILES string of the molecule is CC(=O)OCC(=O)C1(O)C(C)CC2C3CCC4=CC(=O)C=CC4(C)C3C(=O)CC21C. The zero-order valence-electron chi connectivity index (χ0n) is 18.1. The van der Waals surface area contributed by atoms with Gasteiger partial charge in [-0.15, -0.1) is 0 Å². The Morgan fingerprint density at radius 1 is 1.27 bits per heavy atom. The molecule has 7 atom stereocenters. The molecule has 3 fully saturated rings. The number of carbonyl (C=O) groups excluding carboxylic acids is 4.